The molecule has 0 aromatic heterocycles. The summed E-state index contributed by atoms with van der Waals surface area (Å²) in [6.07, 6.45) is 0.726. The standard InChI is InChI=1S/C30H37N3O7/c1-19(31-26(34)15-22-16-39-17-22)28(36)33-25(14-21-9-11-23(38-3)12-10-21)29(37)32-24(27(35)30(2)18-40-30)13-20-7-5-4-6-8-20/h4-12,19,22,24-25H,13-18H2,1-3H3,(H,31,34)(H,32,37)(H,33,36). The number of carbonyl (C=O) groups is 4. The van der Waals surface area contributed by atoms with E-state index >= 15 is 0 Å². The van der Waals surface area contributed by atoms with Crippen LogP contribution < -0.4 is 20.7 Å². The Hall–Kier alpha value is -3.76. The van der Waals surface area contributed by atoms with Crippen LogP contribution in [0.1, 0.15) is 31.4 Å². The fraction of sp³-hybridized carbons (Fsp3) is 0.467. The van der Waals surface area contributed by atoms with Crippen molar-refractivity contribution in [3.05, 3.63) is 65.7 Å². The summed E-state index contributed by atoms with van der Waals surface area (Å²) in [6.45, 7) is 4.63. The lowest BCUT2D eigenvalue weighted by Crippen LogP contribution is -2.57. The van der Waals surface area contributed by atoms with E-state index in [1.165, 1.54) is 0 Å². The van der Waals surface area contributed by atoms with E-state index in [1.807, 2.05) is 42.5 Å². The van der Waals surface area contributed by atoms with Crippen LogP contribution in [0.25, 0.3) is 0 Å². The predicted octanol–water partition coefficient (Wildman–Crippen LogP) is 1.35. The predicted molar refractivity (Wildman–Crippen MR) is 147 cm³/mol. The van der Waals surface area contributed by atoms with Crippen LogP contribution in [0.3, 0.4) is 0 Å². The molecular formula is C30H37N3O7. The second-order valence-corrected chi connectivity index (χ2v) is 10.6. The maximum atomic E-state index is 13.7. The van der Waals surface area contributed by atoms with Gasteiger partial charge in [-0.2, -0.15) is 0 Å². The maximum Gasteiger partial charge on any atom is 0.243 e. The largest absolute Gasteiger partial charge is 0.497 e. The Morgan fingerprint density at radius 2 is 1.50 bits per heavy atom. The summed E-state index contributed by atoms with van der Waals surface area (Å²) in [6, 6.07) is 13.8. The van der Waals surface area contributed by atoms with Gasteiger partial charge in [-0.3, -0.25) is 19.2 Å². The van der Waals surface area contributed by atoms with Gasteiger partial charge in [-0.15, -0.1) is 0 Å². The molecule has 4 rings (SSSR count). The highest BCUT2D eigenvalue weighted by Gasteiger charge is 2.50. The van der Waals surface area contributed by atoms with Crippen molar-refractivity contribution in [2.45, 2.75) is 56.8 Å². The molecule has 2 heterocycles. The van der Waals surface area contributed by atoms with Gasteiger partial charge in [0.25, 0.3) is 0 Å². The number of ketones is 1. The van der Waals surface area contributed by atoms with E-state index in [-0.39, 0.29) is 36.9 Å². The second-order valence-electron chi connectivity index (χ2n) is 10.6. The first-order valence-electron chi connectivity index (χ1n) is 13.5. The van der Waals surface area contributed by atoms with Gasteiger partial charge in [0.2, 0.25) is 17.7 Å². The van der Waals surface area contributed by atoms with Gasteiger partial charge in [-0.05, 0) is 43.5 Å². The van der Waals surface area contributed by atoms with Crippen molar-refractivity contribution in [1.29, 1.82) is 0 Å². The smallest absolute Gasteiger partial charge is 0.243 e. The molecule has 2 aromatic rings. The molecule has 10 nitrogen and oxygen atoms in total. The van der Waals surface area contributed by atoms with Crippen molar-refractivity contribution in [3.8, 4) is 5.75 Å². The molecule has 2 saturated heterocycles. The number of nitrogens with one attached hydrogen (secondary N) is 3. The number of ether oxygens (including phenoxy) is 3. The molecule has 3 amide bonds. The Labute approximate surface area is 234 Å². The molecule has 2 aliphatic heterocycles. The molecule has 2 fully saturated rings. The molecule has 4 atom stereocenters. The highest BCUT2D eigenvalue weighted by molar-refractivity contribution is 5.98. The Morgan fingerprint density at radius 1 is 0.900 bits per heavy atom. The van der Waals surface area contributed by atoms with E-state index in [4.69, 9.17) is 14.2 Å². The normalized spacial score (nSPS) is 20.3. The van der Waals surface area contributed by atoms with Crippen molar-refractivity contribution in [2.75, 3.05) is 26.9 Å². The number of carbonyl (C=O) groups excluding carboxylic acids is 4. The summed E-state index contributed by atoms with van der Waals surface area (Å²) >= 11 is 0. The molecule has 2 aromatic carbocycles. The third-order valence-electron chi connectivity index (χ3n) is 7.20. The molecule has 10 heteroatoms. The number of hydrogen-bond donors (Lipinski definition) is 3. The maximum absolute atomic E-state index is 13.7. The molecule has 2 aliphatic rings. The molecule has 3 N–H and O–H groups in total. The van der Waals surface area contributed by atoms with Crippen LogP contribution in [0.5, 0.6) is 5.75 Å². The van der Waals surface area contributed by atoms with Gasteiger partial charge in [-0.25, -0.2) is 0 Å². The monoisotopic (exact) mass is 551 g/mol. The summed E-state index contributed by atoms with van der Waals surface area (Å²) in [5, 5.41) is 8.35. The molecule has 0 bridgehead atoms. The Morgan fingerprint density at radius 3 is 2.08 bits per heavy atom. The van der Waals surface area contributed by atoms with Gasteiger partial charge >= 0.3 is 0 Å². The highest BCUT2D eigenvalue weighted by atomic mass is 16.6. The summed E-state index contributed by atoms with van der Waals surface area (Å²) in [5.74, 6) is -0.672. The number of amides is 3. The number of hydrogen-bond acceptors (Lipinski definition) is 7. The quantitative estimate of drug-likeness (QED) is 0.302. The van der Waals surface area contributed by atoms with Crippen LogP contribution in [0.15, 0.2) is 54.6 Å². The van der Waals surface area contributed by atoms with Crippen LogP contribution in [0.2, 0.25) is 0 Å². The van der Waals surface area contributed by atoms with E-state index in [0.717, 1.165) is 11.1 Å². The molecular weight excluding hydrogens is 514 g/mol. The molecule has 214 valence electrons. The van der Waals surface area contributed by atoms with Gasteiger partial charge in [0.15, 0.2) is 5.78 Å². The van der Waals surface area contributed by atoms with Gasteiger partial charge in [0.05, 0.1) is 33.0 Å². The number of Topliss-reactive ketones (excluding diaryl/α,β-unsaturated/α-hetero) is 1. The third-order valence-corrected chi connectivity index (χ3v) is 7.20. The lowest BCUT2D eigenvalue weighted by molar-refractivity contribution is -0.134. The fourth-order valence-electron chi connectivity index (χ4n) is 4.48. The minimum atomic E-state index is -1.00. The van der Waals surface area contributed by atoms with Crippen LogP contribution >= 0.6 is 0 Å². The number of methoxy groups -OCH3 is 1. The van der Waals surface area contributed by atoms with Crippen molar-refractivity contribution < 1.29 is 33.4 Å². The lowest BCUT2D eigenvalue weighted by Gasteiger charge is -2.27. The minimum Gasteiger partial charge on any atom is -0.497 e. The van der Waals surface area contributed by atoms with Crippen molar-refractivity contribution in [1.82, 2.24) is 16.0 Å². The summed E-state index contributed by atoms with van der Waals surface area (Å²) in [5.41, 5.74) is 0.729. The van der Waals surface area contributed by atoms with E-state index in [0.29, 0.717) is 25.6 Å². The zero-order chi connectivity index (χ0) is 28.7. The zero-order valence-corrected chi connectivity index (χ0v) is 23.1. The van der Waals surface area contributed by atoms with Crippen LogP contribution in [0.4, 0.5) is 0 Å². The molecule has 0 aliphatic carbocycles. The summed E-state index contributed by atoms with van der Waals surface area (Å²) in [4.78, 5) is 52.4. The van der Waals surface area contributed by atoms with E-state index in [1.54, 1.807) is 33.1 Å². The summed E-state index contributed by atoms with van der Waals surface area (Å²) in [7, 11) is 1.56. The molecule has 0 radical (unpaired) electrons. The molecule has 0 spiro atoms. The summed E-state index contributed by atoms with van der Waals surface area (Å²) < 4.78 is 15.7. The average Bonchev–Trinajstić information content (AvgIpc) is 3.68. The topological polar surface area (TPSA) is 135 Å². The molecule has 40 heavy (non-hydrogen) atoms. The fourth-order valence-corrected chi connectivity index (χ4v) is 4.48. The van der Waals surface area contributed by atoms with Crippen LogP contribution in [-0.4, -0.2) is 74.2 Å². The third kappa shape index (κ3) is 7.89. The number of rotatable bonds is 14. The van der Waals surface area contributed by atoms with E-state index in [2.05, 4.69) is 16.0 Å². The molecule has 4 unspecified atom stereocenters. The van der Waals surface area contributed by atoms with Gasteiger partial charge in [-0.1, -0.05) is 42.5 Å². The number of benzene rings is 2. The van der Waals surface area contributed by atoms with Crippen LogP contribution in [-0.2, 0) is 41.5 Å². The molecule has 0 saturated carbocycles. The van der Waals surface area contributed by atoms with Gasteiger partial charge in [0.1, 0.15) is 23.4 Å². The van der Waals surface area contributed by atoms with Gasteiger partial charge < -0.3 is 30.2 Å². The Balaban J connectivity index is 1.48. The first-order valence-corrected chi connectivity index (χ1v) is 13.5. The van der Waals surface area contributed by atoms with Crippen molar-refractivity contribution in [3.63, 3.8) is 0 Å². The first-order chi connectivity index (χ1) is 19.2. The first kappa shape index (κ1) is 29.2. The number of epoxide rings is 1. The lowest BCUT2D eigenvalue weighted by atomic mass is 9.94. The Kier molecular flexibility index (Phi) is 9.54. The van der Waals surface area contributed by atoms with Crippen molar-refractivity contribution in [2.24, 2.45) is 5.92 Å². The second kappa shape index (κ2) is 13.1. The van der Waals surface area contributed by atoms with Crippen LogP contribution in [0, 0.1) is 5.92 Å². The zero-order valence-electron chi connectivity index (χ0n) is 23.1. The van der Waals surface area contributed by atoms with E-state index < -0.39 is 35.5 Å². The average molecular weight is 552 g/mol. The minimum absolute atomic E-state index is 0.153. The highest BCUT2D eigenvalue weighted by Crippen LogP contribution is 2.29. The van der Waals surface area contributed by atoms with E-state index in [9.17, 15) is 19.2 Å². The SMILES string of the molecule is COc1ccc(CC(NC(=O)C(C)NC(=O)CC2COC2)C(=O)NC(Cc2ccccc2)C(=O)C2(C)CO2)cc1. The Bertz CT molecular complexity index is 1190. The van der Waals surface area contributed by atoms with Crippen molar-refractivity contribution >= 4 is 23.5 Å². The van der Waals surface area contributed by atoms with Gasteiger partial charge in [0, 0.05) is 18.8 Å².